The third-order valence-corrected chi connectivity index (χ3v) is 4.50. The normalized spacial score (nSPS) is 23.1. The molecule has 0 bridgehead atoms. The van der Waals surface area contributed by atoms with E-state index >= 15 is 0 Å². The van der Waals surface area contributed by atoms with Gasteiger partial charge in [-0.1, -0.05) is 59.7 Å². The second-order valence-corrected chi connectivity index (χ2v) is 6.15. The van der Waals surface area contributed by atoms with E-state index in [4.69, 9.17) is 4.74 Å². The first-order valence-electron chi connectivity index (χ1n) is 7.91. The number of carbonyl (C=O) groups excluding carboxylic acids is 1. The maximum absolute atomic E-state index is 12.3. The Hall–Kier alpha value is -2.09. The fourth-order valence-electron chi connectivity index (χ4n) is 3.25. The lowest BCUT2D eigenvalue weighted by molar-refractivity contribution is -0.144. The largest absolute Gasteiger partial charge is 0.466 e. The van der Waals surface area contributed by atoms with Crippen LogP contribution >= 0.6 is 0 Å². The van der Waals surface area contributed by atoms with Crippen LogP contribution in [0.2, 0.25) is 0 Å². The van der Waals surface area contributed by atoms with Crippen molar-refractivity contribution in [2.45, 2.75) is 32.6 Å². The van der Waals surface area contributed by atoms with Crippen molar-refractivity contribution in [1.82, 2.24) is 0 Å². The fourth-order valence-corrected chi connectivity index (χ4v) is 3.25. The molecule has 1 saturated carbocycles. The third-order valence-electron chi connectivity index (χ3n) is 4.50. The molecule has 0 spiro atoms. The molecule has 2 aromatic rings. The summed E-state index contributed by atoms with van der Waals surface area (Å²) in [6, 6.07) is 17.0. The quantitative estimate of drug-likeness (QED) is 0.783. The van der Waals surface area contributed by atoms with Gasteiger partial charge < -0.3 is 4.74 Å². The average molecular weight is 294 g/mol. The molecule has 0 radical (unpaired) electrons. The van der Waals surface area contributed by atoms with Crippen molar-refractivity contribution in [3.05, 3.63) is 70.8 Å². The van der Waals surface area contributed by atoms with Crippen LogP contribution < -0.4 is 0 Å². The van der Waals surface area contributed by atoms with Crippen LogP contribution in [-0.4, -0.2) is 12.6 Å². The first-order valence-corrected chi connectivity index (χ1v) is 7.91. The summed E-state index contributed by atoms with van der Waals surface area (Å²) < 4.78 is 5.28. The summed E-state index contributed by atoms with van der Waals surface area (Å²) in [4.78, 5) is 12.3. The number of esters is 1. The zero-order chi connectivity index (χ0) is 15.7. The van der Waals surface area contributed by atoms with Gasteiger partial charge in [-0.05, 0) is 31.9 Å². The molecule has 2 atom stereocenters. The highest BCUT2D eigenvalue weighted by Crippen LogP contribution is 2.60. The van der Waals surface area contributed by atoms with Gasteiger partial charge in [0.05, 0.1) is 12.5 Å². The van der Waals surface area contributed by atoms with Crippen molar-refractivity contribution in [2.24, 2.45) is 5.92 Å². The first kappa shape index (κ1) is 14.8. The number of hydrogen-bond acceptors (Lipinski definition) is 2. The standard InChI is InChI=1S/C20H22O2/c1-4-22-20(21)19-17(15-9-5-13(2)6-10-15)18(19)16-11-7-14(3)8-12-16/h5-12,17-19H,4H2,1-3H3/t17-,18-/m0/s1. The Morgan fingerprint density at radius 3 is 1.64 bits per heavy atom. The zero-order valence-electron chi connectivity index (χ0n) is 13.4. The molecule has 114 valence electrons. The van der Waals surface area contributed by atoms with Gasteiger partial charge in [-0.2, -0.15) is 0 Å². The van der Waals surface area contributed by atoms with Crippen LogP contribution in [0.5, 0.6) is 0 Å². The molecule has 2 nitrogen and oxygen atoms in total. The summed E-state index contributed by atoms with van der Waals surface area (Å²) in [5, 5.41) is 0. The molecule has 0 saturated heterocycles. The number of ether oxygens (including phenoxy) is 1. The Kier molecular flexibility index (Phi) is 4.02. The van der Waals surface area contributed by atoms with E-state index in [1.54, 1.807) is 0 Å². The SMILES string of the molecule is CCOC(=O)C1[C@@H](c2ccc(C)cc2)[C@@H]1c1ccc(C)cc1. The van der Waals surface area contributed by atoms with E-state index < -0.39 is 0 Å². The summed E-state index contributed by atoms with van der Waals surface area (Å²) in [5.41, 5.74) is 4.94. The van der Waals surface area contributed by atoms with E-state index in [2.05, 4.69) is 62.4 Å². The molecule has 3 rings (SSSR count). The number of hydrogen-bond donors (Lipinski definition) is 0. The van der Waals surface area contributed by atoms with Crippen molar-refractivity contribution in [2.75, 3.05) is 6.61 Å². The van der Waals surface area contributed by atoms with Gasteiger partial charge in [0.2, 0.25) is 0 Å². The van der Waals surface area contributed by atoms with Crippen molar-refractivity contribution in [1.29, 1.82) is 0 Å². The van der Waals surface area contributed by atoms with Crippen molar-refractivity contribution in [3.8, 4) is 0 Å². The lowest BCUT2D eigenvalue weighted by Gasteiger charge is -2.02. The van der Waals surface area contributed by atoms with E-state index in [9.17, 15) is 4.79 Å². The number of carbonyl (C=O) groups is 1. The Morgan fingerprint density at radius 1 is 0.864 bits per heavy atom. The Morgan fingerprint density at radius 2 is 1.27 bits per heavy atom. The topological polar surface area (TPSA) is 26.3 Å². The van der Waals surface area contributed by atoms with Gasteiger partial charge in [0, 0.05) is 11.8 Å². The van der Waals surface area contributed by atoms with Crippen LogP contribution in [-0.2, 0) is 9.53 Å². The molecule has 0 aromatic heterocycles. The van der Waals surface area contributed by atoms with Crippen molar-refractivity contribution in [3.63, 3.8) is 0 Å². The minimum absolute atomic E-state index is 0.0506. The van der Waals surface area contributed by atoms with E-state index in [-0.39, 0.29) is 23.7 Å². The van der Waals surface area contributed by atoms with Gasteiger partial charge in [0.25, 0.3) is 0 Å². The minimum Gasteiger partial charge on any atom is -0.466 e. The molecular weight excluding hydrogens is 272 g/mol. The van der Waals surface area contributed by atoms with Gasteiger partial charge in [-0.25, -0.2) is 0 Å². The second-order valence-electron chi connectivity index (χ2n) is 6.15. The van der Waals surface area contributed by atoms with Crippen molar-refractivity contribution < 1.29 is 9.53 Å². The van der Waals surface area contributed by atoms with Gasteiger partial charge >= 0.3 is 5.97 Å². The lowest BCUT2D eigenvalue weighted by atomic mass is 10.0. The first-order chi connectivity index (χ1) is 10.6. The van der Waals surface area contributed by atoms with Crippen LogP contribution in [0, 0.1) is 19.8 Å². The molecule has 1 fully saturated rings. The monoisotopic (exact) mass is 294 g/mol. The van der Waals surface area contributed by atoms with Crippen LogP contribution in [0.15, 0.2) is 48.5 Å². The Bertz CT molecular complexity index is 604. The van der Waals surface area contributed by atoms with Gasteiger partial charge in [-0.15, -0.1) is 0 Å². The molecule has 2 heteroatoms. The maximum Gasteiger partial charge on any atom is 0.310 e. The predicted octanol–water partition coefficient (Wildman–Crippen LogP) is 4.36. The predicted molar refractivity (Wildman–Crippen MR) is 88.0 cm³/mol. The second kappa shape index (κ2) is 5.96. The summed E-state index contributed by atoms with van der Waals surface area (Å²) >= 11 is 0. The zero-order valence-corrected chi connectivity index (χ0v) is 13.4. The number of benzene rings is 2. The molecule has 1 aliphatic carbocycles. The molecule has 0 aliphatic heterocycles. The van der Waals surface area contributed by atoms with E-state index in [1.807, 2.05) is 6.92 Å². The average Bonchev–Trinajstić information content (AvgIpc) is 3.24. The summed E-state index contributed by atoms with van der Waals surface area (Å²) in [6.07, 6.45) is 0. The Balaban J connectivity index is 1.90. The summed E-state index contributed by atoms with van der Waals surface area (Å²) in [6.45, 7) is 6.46. The smallest absolute Gasteiger partial charge is 0.310 e. The molecule has 0 amide bonds. The number of aryl methyl sites for hydroxylation is 2. The highest BCUT2D eigenvalue weighted by atomic mass is 16.5. The molecule has 0 unspecified atom stereocenters. The highest BCUT2D eigenvalue weighted by molar-refractivity contribution is 5.80. The van der Waals surface area contributed by atoms with Gasteiger partial charge in [-0.3, -0.25) is 4.79 Å². The molecule has 0 N–H and O–H groups in total. The van der Waals surface area contributed by atoms with Gasteiger partial charge in [0.1, 0.15) is 0 Å². The summed E-state index contributed by atoms with van der Waals surface area (Å²) in [5.74, 6) is 0.355. The van der Waals surface area contributed by atoms with Crippen LogP contribution in [0.4, 0.5) is 0 Å². The number of rotatable bonds is 4. The molecule has 22 heavy (non-hydrogen) atoms. The van der Waals surface area contributed by atoms with Crippen LogP contribution in [0.25, 0.3) is 0 Å². The lowest BCUT2D eigenvalue weighted by Crippen LogP contribution is -2.08. The van der Waals surface area contributed by atoms with Gasteiger partial charge in [0.15, 0.2) is 0 Å². The third kappa shape index (κ3) is 2.78. The van der Waals surface area contributed by atoms with Crippen molar-refractivity contribution >= 4 is 5.97 Å². The van der Waals surface area contributed by atoms with E-state index in [1.165, 1.54) is 22.3 Å². The molecule has 0 heterocycles. The molecule has 2 aromatic carbocycles. The fraction of sp³-hybridized carbons (Fsp3) is 0.350. The highest BCUT2D eigenvalue weighted by Gasteiger charge is 2.56. The van der Waals surface area contributed by atoms with Crippen LogP contribution in [0.1, 0.15) is 41.0 Å². The van der Waals surface area contributed by atoms with Crippen LogP contribution in [0.3, 0.4) is 0 Å². The Labute approximate surface area is 132 Å². The maximum atomic E-state index is 12.3. The van der Waals surface area contributed by atoms with E-state index in [0.717, 1.165) is 0 Å². The van der Waals surface area contributed by atoms with E-state index in [0.29, 0.717) is 6.61 Å². The molecular formula is C20H22O2. The summed E-state index contributed by atoms with van der Waals surface area (Å²) in [7, 11) is 0. The minimum atomic E-state index is -0.0707. The molecule has 1 aliphatic rings.